The molecule has 2 unspecified atom stereocenters. The highest BCUT2D eigenvalue weighted by Crippen LogP contribution is 2.34. The molecule has 146 valence electrons. The standard InChI is InChI=1S/C24H29N3O/c1-2-20(15-18-7-4-3-5-8-18)24(28)26-23-21-10-13-27(14-11-21)22(23)16-19-9-6-12-25-17-19/h3-9,12,15,17,21-23H,2,10-11,13-14,16H2,1H3,(H,26,28)/b20-15+. The molecule has 5 rings (SSSR count). The Kier molecular flexibility index (Phi) is 5.87. The Labute approximate surface area is 167 Å². The molecule has 0 aliphatic carbocycles. The van der Waals surface area contributed by atoms with Gasteiger partial charge in [-0.25, -0.2) is 0 Å². The maximum absolute atomic E-state index is 13.1. The Bertz CT molecular complexity index is 810. The van der Waals surface area contributed by atoms with E-state index in [4.69, 9.17) is 0 Å². The summed E-state index contributed by atoms with van der Waals surface area (Å²) < 4.78 is 0. The molecule has 3 aliphatic heterocycles. The maximum atomic E-state index is 13.1. The Hall–Kier alpha value is -2.46. The number of hydrogen-bond acceptors (Lipinski definition) is 3. The number of fused-ring (bicyclic) bond motifs is 3. The molecule has 4 nitrogen and oxygen atoms in total. The summed E-state index contributed by atoms with van der Waals surface area (Å²) in [6.07, 6.45) is 9.82. The second-order valence-corrected chi connectivity index (χ2v) is 7.94. The van der Waals surface area contributed by atoms with Crippen LogP contribution in [0.3, 0.4) is 0 Å². The van der Waals surface area contributed by atoms with Gasteiger partial charge in [0.25, 0.3) is 0 Å². The monoisotopic (exact) mass is 375 g/mol. The summed E-state index contributed by atoms with van der Waals surface area (Å²) in [5.74, 6) is 0.659. The molecule has 4 heterocycles. The quantitative estimate of drug-likeness (QED) is 0.783. The predicted octanol–water partition coefficient (Wildman–Crippen LogP) is 3.70. The number of nitrogens with one attached hydrogen (secondary N) is 1. The average molecular weight is 376 g/mol. The van der Waals surface area contributed by atoms with E-state index in [-0.39, 0.29) is 11.9 Å². The van der Waals surface area contributed by atoms with Crippen LogP contribution in [0.15, 0.2) is 60.4 Å². The van der Waals surface area contributed by atoms with Crippen molar-refractivity contribution >= 4 is 12.0 Å². The van der Waals surface area contributed by atoms with Crippen LogP contribution in [0.5, 0.6) is 0 Å². The fourth-order valence-electron chi connectivity index (χ4n) is 4.70. The highest BCUT2D eigenvalue weighted by Gasteiger charge is 2.42. The van der Waals surface area contributed by atoms with Gasteiger partial charge in [0.05, 0.1) is 0 Å². The lowest BCUT2D eigenvalue weighted by molar-refractivity contribution is -0.120. The SMILES string of the molecule is CC/C(=C\c1ccccc1)C(=O)NC1C2CCN(CC2)C1Cc1cccnc1. The van der Waals surface area contributed by atoms with Gasteiger partial charge < -0.3 is 5.32 Å². The molecule has 28 heavy (non-hydrogen) atoms. The zero-order valence-corrected chi connectivity index (χ0v) is 16.6. The van der Waals surface area contributed by atoms with E-state index in [1.54, 1.807) is 0 Å². The van der Waals surface area contributed by atoms with Gasteiger partial charge in [-0.15, -0.1) is 0 Å². The maximum Gasteiger partial charge on any atom is 0.247 e. The predicted molar refractivity (Wildman–Crippen MR) is 113 cm³/mol. The molecule has 3 aliphatic rings. The van der Waals surface area contributed by atoms with Crippen LogP contribution in [0.4, 0.5) is 0 Å². The number of piperidine rings is 3. The van der Waals surface area contributed by atoms with Crippen molar-refractivity contribution in [3.05, 3.63) is 71.6 Å². The van der Waals surface area contributed by atoms with E-state index in [1.807, 2.05) is 54.9 Å². The van der Waals surface area contributed by atoms with Gasteiger partial charge in [-0.05, 0) is 68.0 Å². The fourth-order valence-corrected chi connectivity index (χ4v) is 4.70. The van der Waals surface area contributed by atoms with Crippen LogP contribution >= 0.6 is 0 Å². The first-order valence-corrected chi connectivity index (χ1v) is 10.4. The van der Waals surface area contributed by atoms with E-state index in [0.717, 1.165) is 37.1 Å². The van der Waals surface area contributed by atoms with Gasteiger partial charge in [-0.3, -0.25) is 14.7 Å². The summed E-state index contributed by atoms with van der Waals surface area (Å²) in [4.78, 5) is 19.9. The van der Waals surface area contributed by atoms with E-state index in [9.17, 15) is 4.79 Å². The minimum atomic E-state index is 0.0845. The molecule has 0 saturated carbocycles. The summed E-state index contributed by atoms with van der Waals surface area (Å²) in [7, 11) is 0. The molecule has 4 heteroatoms. The lowest BCUT2D eigenvalue weighted by atomic mass is 9.76. The van der Waals surface area contributed by atoms with E-state index in [0.29, 0.717) is 12.0 Å². The number of aromatic nitrogens is 1. The lowest BCUT2D eigenvalue weighted by Gasteiger charge is -2.51. The van der Waals surface area contributed by atoms with Gasteiger partial charge in [0.1, 0.15) is 0 Å². The minimum Gasteiger partial charge on any atom is -0.348 e. The first-order chi connectivity index (χ1) is 13.7. The van der Waals surface area contributed by atoms with Crippen molar-refractivity contribution in [2.75, 3.05) is 13.1 Å². The number of rotatable bonds is 6. The second kappa shape index (κ2) is 8.70. The number of hydrogen-bond donors (Lipinski definition) is 1. The van der Waals surface area contributed by atoms with Crippen molar-refractivity contribution in [1.82, 2.24) is 15.2 Å². The molecule has 1 N–H and O–H groups in total. The highest BCUT2D eigenvalue weighted by atomic mass is 16.1. The Morgan fingerprint density at radius 2 is 1.96 bits per heavy atom. The normalized spacial score (nSPS) is 26.8. The van der Waals surface area contributed by atoms with Gasteiger partial charge in [-0.2, -0.15) is 0 Å². The molecule has 1 aromatic carbocycles. The fraction of sp³-hybridized carbons (Fsp3) is 0.417. The molecule has 2 bridgehead atoms. The summed E-state index contributed by atoms with van der Waals surface area (Å²) in [5.41, 5.74) is 3.17. The third kappa shape index (κ3) is 4.17. The van der Waals surface area contributed by atoms with Crippen LogP contribution < -0.4 is 5.32 Å². The Balaban J connectivity index is 1.52. The Morgan fingerprint density at radius 3 is 2.64 bits per heavy atom. The summed E-state index contributed by atoms with van der Waals surface area (Å²) >= 11 is 0. The van der Waals surface area contributed by atoms with Crippen LogP contribution in [0.2, 0.25) is 0 Å². The molecule has 0 spiro atoms. The third-order valence-electron chi connectivity index (χ3n) is 6.24. The first-order valence-electron chi connectivity index (χ1n) is 10.4. The van der Waals surface area contributed by atoms with E-state index < -0.39 is 0 Å². The summed E-state index contributed by atoms with van der Waals surface area (Å²) in [5, 5.41) is 3.42. The van der Waals surface area contributed by atoms with Gasteiger partial charge in [0.2, 0.25) is 5.91 Å². The first kappa shape index (κ1) is 18.9. The van der Waals surface area contributed by atoms with E-state index >= 15 is 0 Å². The molecule has 3 saturated heterocycles. The van der Waals surface area contributed by atoms with Crippen LogP contribution in [0, 0.1) is 5.92 Å². The summed E-state index contributed by atoms with van der Waals surface area (Å²) in [6.45, 7) is 4.34. The van der Waals surface area contributed by atoms with E-state index in [2.05, 4.69) is 28.2 Å². The number of carbonyl (C=O) groups is 1. The molecule has 0 radical (unpaired) electrons. The van der Waals surface area contributed by atoms with E-state index in [1.165, 1.54) is 18.4 Å². The Morgan fingerprint density at radius 1 is 1.18 bits per heavy atom. The average Bonchev–Trinajstić information content (AvgIpc) is 2.75. The number of nitrogens with zero attached hydrogens (tertiary/aromatic N) is 2. The van der Waals surface area contributed by atoms with Crippen molar-refractivity contribution in [3.63, 3.8) is 0 Å². The zero-order valence-electron chi connectivity index (χ0n) is 16.6. The van der Waals surface area contributed by atoms with Crippen molar-refractivity contribution in [1.29, 1.82) is 0 Å². The molecule has 1 aromatic heterocycles. The van der Waals surface area contributed by atoms with Crippen LogP contribution in [-0.4, -0.2) is 41.0 Å². The molecule has 2 atom stereocenters. The van der Waals surface area contributed by atoms with Crippen molar-refractivity contribution in [2.24, 2.45) is 5.92 Å². The van der Waals surface area contributed by atoms with Crippen molar-refractivity contribution in [2.45, 2.75) is 44.7 Å². The van der Waals surface area contributed by atoms with Gasteiger partial charge >= 0.3 is 0 Å². The second-order valence-electron chi connectivity index (χ2n) is 7.94. The van der Waals surface area contributed by atoms with Gasteiger partial charge in [0.15, 0.2) is 0 Å². The van der Waals surface area contributed by atoms with Crippen LogP contribution in [-0.2, 0) is 11.2 Å². The molecular formula is C24H29N3O. The highest BCUT2D eigenvalue weighted by molar-refractivity contribution is 5.98. The zero-order chi connectivity index (χ0) is 19.3. The van der Waals surface area contributed by atoms with Crippen LogP contribution in [0.25, 0.3) is 6.08 Å². The number of carbonyl (C=O) groups excluding carboxylic acids is 1. The van der Waals surface area contributed by atoms with Crippen LogP contribution in [0.1, 0.15) is 37.3 Å². The van der Waals surface area contributed by atoms with Gasteiger partial charge in [0, 0.05) is 30.1 Å². The third-order valence-corrected chi connectivity index (χ3v) is 6.24. The molecule has 1 amide bonds. The summed E-state index contributed by atoms with van der Waals surface area (Å²) in [6, 6.07) is 14.8. The molecule has 3 fully saturated rings. The number of pyridine rings is 1. The minimum absolute atomic E-state index is 0.0845. The van der Waals surface area contributed by atoms with Crippen molar-refractivity contribution in [3.8, 4) is 0 Å². The van der Waals surface area contributed by atoms with Gasteiger partial charge in [-0.1, -0.05) is 43.3 Å². The topological polar surface area (TPSA) is 45.2 Å². The molecule has 2 aromatic rings. The smallest absolute Gasteiger partial charge is 0.247 e. The largest absolute Gasteiger partial charge is 0.348 e. The molecular weight excluding hydrogens is 346 g/mol. The lowest BCUT2D eigenvalue weighted by Crippen LogP contribution is -2.64. The number of benzene rings is 1. The number of amides is 1. The van der Waals surface area contributed by atoms with Crippen molar-refractivity contribution < 1.29 is 4.79 Å².